The summed E-state index contributed by atoms with van der Waals surface area (Å²) in [6, 6.07) is 16.9. The van der Waals surface area contributed by atoms with Crippen molar-refractivity contribution in [2.24, 2.45) is 11.3 Å². The van der Waals surface area contributed by atoms with Crippen LogP contribution >= 0.6 is 23.2 Å². The lowest BCUT2D eigenvalue weighted by Crippen LogP contribution is -2.74. The molecule has 57 heavy (non-hydrogen) atoms. The van der Waals surface area contributed by atoms with Crippen LogP contribution in [0.2, 0.25) is 10.0 Å². The van der Waals surface area contributed by atoms with Crippen molar-refractivity contribution >= 4 is 35.2 Å². The molecule has 0 N–H and O–H groups in total. The van der Waals surface area contributed by atoms with E-state index in [0.29, 0.717) is 41.1 Å². The second-order valence-corrected chi connectivity index (χ2v) is 15.5. The highest BCUT2D eigenvalue weighted by Crippen LogP contribution is 2.59. The fraction of sp³-hybridized carbons (Fsp3) is 0.524. The summed E-state index contributed by atoms with van der Waals surface area (Å²) in [5.74, 6) is 1.35. The number of benzene rings is 3. The number of carbonyl (C=O) groups excluding carboxylic acids is 2. The monoisotopic (exact) mass is 829 g/mol. The number of nitrogens with zero attached hydrogens (tertiary/aromatic N) is 3. The molecule has 13 nitrogen and oxygen atoms in total. The van der Waals surface area contributed by atoms with Crippen molar-refractivity contribution in [1.29, 1.82) is 0 Å². The zero-order chi connectivity index (χ0) is 41.1. The molecule has 0 spiro atoms. The van der Waals surface area contributed by atoms with Crippen LogP contribution < -0.4 is 14.2 Å². The first kappa shape index (κ1) is 43.7. The molecule has 15 heteroatoms. The van der Waals surface area contributed by atoms with Crippen LogP contribution in [0.1, 0.15) is 61.8 Å². The summed E-state index contributed by atoms with van der Waals surface area (Å²) in [7, 11) is 1.64. The van der Waals surface area contributed by atoms with Gasteiger partial charge in [-0.05, 0) is 92.1 Å². The summed E-state index contributed by atoms with van der Waals surface area (Å²) in [6.07, 6.45) is 3.50. The lowest BCUT2D eigenvalue weighted by atomic mass is 9.59. The maximum atomic E-state index is 14.6. The number of likely N-dealkylation sites (tertiary alicyclic amines) is 1. The van der Waals surface area contributed by atoms with E-state index >= 15 is 0 Å². The van der Waals surface area contributed by atoms with Crippen LogP contribution in [0.3, 0.4) is 0 Å². The van der Waals surface area contributed by atoms with Crippen LogP contribution in [0.5, 0.6) is 17.2 Å². The summed E-state index contributed by atoms with van der Waals surface area (Å²) in [6.45, 7) is 9.19. The number of hydrogen-bond acceptors (Lipinski definition) is 10. The maximum Gasteiger partial charge on any atom is 0.410 e. The maximum absolute atomic E-state index is 14.6. The summed E-state index contributed by atoms with van der Waals surface area (Å²) in [5.41, 5.74) is 3.66. The Kier molecular flexibility index (Phi) is 15.5. The van der Waals surface area contributed by atoms with Crippen LogP contribution in [0.15, 0.2) is 54.6 Å². The molecule has 3 aromatic rings. The van der Waals surface area contributed by atoms with Crippen molar-refractivity contribution < 1.29 is 43.2 Å². The Balaban J connectivity index is 1.29. The van der Waals surface area contributed by atoms with E-state index in [0.717, 1.165) is 53.7 Å². The van der Waals surface area contributed by atoms with Gasteiger partial charge in [-0.15, -0.1) is 10.1 Å². The van der Waals surface area contributed by atoms with E-state index in [4.69, 9.17) is 46.9 Å². The van der Waals surface area contributed by atoms with E-state index in [1.807, 2.05) is 75.1 Å². The van der Waals surface area contributed by atoms with Crippen molar-refractivity contribution in [1.82, 2.24) is 9.80 Å². The SMILES string of the molecule is CCCN(Cc1ccc(OC)c(C)c1)C(=O)C(C)C1N(C(=O)OCCOCCO[N+](=O)[O-])C2CCCC21Cc1ccc(OCCOc2c(Cl)cc(C)cc2Cl)cc1. The van der Waals surface area contributed by atoms with Gasteiger partial charge in [-0.25, -0.2) is 4.79 Å². The predicted molar refractivity (Wildman–Crippen MR) is 216 cm³/mol. The molecule has 4 unspecified atom stereocenters. The molecule has 2 amide bonds. The molecule has 1 heterocycles. The number of amides is 2. The van der Waals surface area contributed by atoms with E-state index in [1.54, 1.807) is 24.1 Å². The highest BCUT2D eigenvalue weighted by molar-refractivity contribution is 6.37. The highest BCUT2D eigenvalue weighted by Gasteiger charge is 2.66. The van der Waals surface area contributed by atoms with Crippen molar-refractivity contribution in [2.45, 2.75) is 78.4 Å². The Morgan fingerprint density at radius 3 is 2.32 bits per heavy atom. The van der Waals surface area contributed by atoms with Gasteiger partial charge in [0.15, 0.2) is 5.75 Å². The summed E-state index contributed by atoms with van der Waals surface area (Å²) < 4.78 is 28.3. The molecule has 1 saturated carbocycles. The van der Waals surface area contributed by atoms with E-state index in [1.165, 1.54) is 0 Å². The van der Waals surface area contributed by atoms with Crippen molar-refractivity contribution in [3.63, 3.8) is 0 Å². The minimum atomic E-state index is -0.885. The van der Waals surface area contributed by atoms with Gasteiger partial charge in [0.2, 0.25) is 5.91 Å². The lowest BCUT2D eigenvalue weighted by molar-refractivity contribution is -0.758. The number of fused-ring (bicyclic) bond motifs is 1. The van der Waals surface area contributed by atoms with E-state index < -0.39 is 23.1 Å². The van der Waals surface area contributed by atoms with Crippen LogP contribution in [0, 0.1) is 35.3 Å². The summed E-state index contributed by atoms with van der Waals surface area (Å²) in [4.78, 5) is 46.7. The van der Waals surface area contributed by atoms with Gasteiger partial charge in [0.05, 0.1) is 42.3 Å². The average Bonchev–Trinajstić information content (AvgIpc) is 3.50. The molecule has 0 bridgehead atoms. The van der Waals surface area contributed by atoms with Crippen molar-refractivity contribution in [3.05, 3.63) is 97.0 Å². The lowest BCUT2D eigenvalue weighted by Gasteiger charge is -2.62. The first-order valence-corrected chi connectivity index (χ1v) is 20.2. The topological polar surface area (TPSA) is 139 Å². The Labute approximate surface area is 344 Å². The van der Waals surface area contributed by atoms with Crippen LogP contribution in [0.4, 0.5) is 4.79 Å². The van der Waals surface area contributed by atoms with E-state index in [-0.39, 0.29) is 57.0 Å². The summed E-state index contributed by atoms with van der Waals surface area (Å²) >= 11 is 12.6. The van der Waals surface area contributed by atoms with Gasteiger partial charge < -0.3 is 38.3 Å². The molecule has 1 aliphatic heterocycles. The molecular weight excluding hydrogens is 777 g/mol. The molecule has 0 aromatic heterocycles. The number of halogens is 2. The third-order valence-corrected chi connectivity index (χ3v) is 11.4. The fourth-order valence-electron chi connectivity index (χ4n) is 8.48. The highest BCUT2D eigenvalue weighted by atomic mass is 35.5. The van der Waals surface area contributed by atoms with Crippen LogP contribution in [-0.2, 0) is 32.1 Å². The number of carbonyl (C=O) groups is 2. The number of rotatable bonds is 21. The number of ether oxygens (including phenoxy) is 5. The first-order chi connectivity index (χ1) is 27.4. The standard InChI is InChI=1S/C42H53Cl2N3O10/c1-6-16-45(27-32-11-14-36(52-5)29(3)25-32)40(48)30(4)39-42(15-7-8-37(42)46(39)41(49)56-19-17-53-18-22-57-47(50)51)26-31-9-12-33(13-10-31)54-20-21-55-38-34(43)23-28(2)24-35(38)44/h9-14,23-25,30,37,39H,6-8,15-22,26-27H2,1-5H3. The molecule has 1 saturated heterocycles. The number of aryl methyl sites for hydroxylation is 2. The Hall–Kier alpha value is -4.46. The second-order valence-electron chi connectivity index (χ2n) is 14.7. The zero-order valence-corrected chi connectivity index (χ0v) is 34.8. The van der Waals surface area contributed by atoms with Crippen LogP contribution in [-0.4, -0.2) is 92.3 Å². The number of methoxy groups -OCH3 is 1. The first-order valence-electron chi connectivity index (χ1n) is 19.4. The molecular formula is C42H53Cl2N3O10. The number of hydrogen-bond donors (Lipinski definition) is 0. The molecule has 5 rings (SSSR count). The molecule has 2 aliphatic rings. The molecule has 1 aliphatic carbocycles. The largest absolute Gasteiger partial charge is 0.496 e. The smallest absolute Gasteiger partial charge is 0.410 e. The third-order valence-electron chi connectivity index (χ3n) is 10.8. The van der Waals surface area contributed by atoms with Crippen molar-refractivity contribution in [2.75, 3.05) is 53.3 Å². The third kappa shape index (κ3) is 10.7. The fourth-order valence-corrected chi connectivity index (χ4v) is 9.19. The molecule has 4 atom stereocenters. The van der Waals surface area contributed by atoms with Gasteiger partial charge in [-0.2, -0.15) is 0 Å². The normalized spacial score (nSPS) is 18.9. The Bertz CT molecular complexity index is 1820. The minimum absolute atomic E-state index is 0.0160. The van der Waals surface area contributed by atoms with E-state index in [9.17, 15) is 19.7 Å². The van der Waals surface area contributed by atoms with Gasteiger partial charge >= 0.3 is 6.09 Å². The molecule has 3 aromatic carbocycles. The molecule has 0 radical (unpaired) electrons. The van der Waals surface area contributed by atoms with Crippen molar-refractivity contribution in [3.8, 4) is 17.2 Å². The van der Waals surface area contributed by atoms with Gasteiger partial charge in [0, 0.05) is 24.5 Å². The van der Waals surface area contributed by atoms with Gasteiger partial charge in [0.1, 0.15) is 37.9 Å². The molecule has 310 valence electrons. The van der Waals surface area contributed by atoms with Gasteiger partial charge in [-0.3, -0.25) is 4.79 Å². The Morgan fingerprint density at radius 1 is 0.965 bits per heavy atom. The minimum Gasteiger partial charge on any atom is -0.496 e. The summed E-state index contributed by atoms with van der Waals surface area (Å²) in [5, 5.41) is 10.4. The predicted octanol–water partition coefficient (Wildman–Crippen LogP) is 8.28. The van der Waals surface area contributed by atoms with E-state index in [2.05, 4.69) is 4.84 Å². The molecule has 2 fully saturated rings. The second kappa shape index (κ2) is 20.3. The Morgan fingerprint density at radius 2 is 1.65 bits per heavy atom. The quantitative estimate of drug-likeness (QED) is 0.0586. The van der Waals surface area contributed by atoms with Gasteiger partial charge in [-0.1, -0.05) is 67.7 Å². The average molecular weight is 831 g/mol. The van der Waals surface area contributed by atoms with Crippen LogP contribution in [0.25, 0.3) is 0 Å². The van der Waals surface area contributed by atoms with Gasteiger partial charge in [0.25, 0.3) is 5.09 Å². The zero-order valence-electron chi connectivity index (χ0n) is 33.3.